The summed E-state index contributed by atoms with van der Waals surface area (Å²) >= 11 is 11.8. The summed E-state index contributed by atoms with van der Waals surface area (Å²) < 4.78 is 5.34. The summed E-state index contributed by atoms with van der Waals surface area (Å²) in [5.74, 6) is -1.48. The molecule has 0 aliphatic carbocycles. The molecular formula is C18H13Cl2NO4. The number of esters is 1. The standard InChI is InChI=1S/C18H13Cl2NO4/c1-9-4-3-5-10(2)16(9)25-15(22)8-21-17(23)11-6-13(19)14(20)7-12(11)18(21)24/h3-7H,8H2,1-2H3. The fourth-order valence-electron chi connectivity index (χ4n) is 2.66. The van der Waals surface area contributed by atoms with Gasteiger partial charge in [-0.2, -0.15) is 0 Å². The number of imide groups is 1. The van der Waals surface area contributed by atoms with Crippen molar-refractivity contribution in [3.8, 4) is 5.75 Å². The van der Waals surface area contributed by atoms with Crippen LogP contribution < -0.4 is 4.74 Å². The third-order valence-corrected chi connectivity index (χ3v) is 4.65. The zero-order chi connectivity index (χ0) is 18.3. The highest BCUT2D eigenvalue weighted by Crippen LogP contribution is 2.31. The van der Waals surface area contributed by atoms with E-state index < -0.39 is 24.3 Å². The number of halogens is 2. The minimum atomic E-state index is -0.705. The molecule has 25 heavy (non-hydrogen) atoms. The van der Waals surface area contributed by atoms with Gasteiger partial charge in [0.2, 0.25) is 0 Å². The van der Waals surface area contributed by atoms with Crippen LogP contribution in [-0.4, -0.2) is 29.2 Å². The molecule has 0 radical (unpaired) electrons. The summed E-state index contributed by atoms with van der Waals surface area (Å²) in [6.45, 7) is 3.12. The molecule has 128 valence electrons. The quantitative estimate of drug-likeness (QED) is 0.463. The first-order chi connectivity index (χ1) is 11.8. The highest BCUT2D eigenvalue weighted by molar-refractivity contribution is 6.43. The first kappa shape index (κ1) is 17.5. The van der Waals surface area contributed by atoms with Crippen molar-refractivity contribution >= 4 is 41.0 Å². The molecule has 0 spiro atoms. The van der Waals surface area contributed by atoms with Gasteiger partial charge in [0.25, 0.3) is 11.8 Å². The van der Waals surface area contributed by atoms with Gasteiger partial charge in [0.1, 0.15) is 12.3 Å². The number of benzene rings is 2. The number of fused-ring (bicyclic) bond motifs is 1. The summed E-state index contributed by atoms with van der Waals surface area (Å²) in [5.41, 5.74) is 1.82. The molecule has 1 heterocycles. The number of para-hydroxylation sites is 1. The molecular weight excluding hydrogens is 365 g/mol. The fourth-order valence-corrected chi connectivity index (χ4v) is 2.99. The van der Waals surface area contributed by atoms with E-state index in [2.05, 4.69) is 0 Å². The van der Waals surface area contributed by atoms with Gasteiger partial charge in [0, 0.05) is 0 Å². The van der Waals surface area contributed by atoms with Crippen LogP contribution in [-0.2, 0) is 4.79 Å². The molecule has 2 aromatic rings. The summed E-state index contributed by atoms with van der Waals surface area (Å²) in [6, 6.07) is 8.12. The van der Waals surface area contributed by atoms with Gasteiger partial charge < -0.3 is 4.74 Å². The summed E-state index contributed by atoms with van der Waals surface area (Å²) in [6.07, 6.45) is 0. The Morgan fingerprint density at radius 2 is 1.48 bits per heavy atom. The first-order valence-corrected chi connectivity index (χ1v) is 8.17. The van der Waals surface area contributed by atoms with Gasteiger partial charge in [0.05, 0.1) is 21.2 Å². The maximum atomic E-state index is 12.4. The van der Waals surface area contributed by atoms with Gasteiger partial charge >= 0.3 is 5.97 Å². The Bertz CT molecular complexity index is 862. The van der Waals surface area contributed by atoms with Crippen molar-refractivity contribution in [3.63, 3.8) is 0 Å². The first-order valence-electron chi connectivity index (χ1n) is 7.41. The van der Waals surface area contributed by atoms with Crippen molar-refractivity contribution in [2.75, 3.05) is 6.54 Å². The Labute approximate surface area is 154 Å². The van der Waals surface area contributed by atoms with Gasteiger partial charge in [-0.1, -0.05) is 41.4 Å². The largest absolute Gasteiger partial charge is 0.425 e. The Hall–Kier alpha value is -2.37. The van der Waals surface area contributed by atoms with Crippen molar-refractivity contribution in [2.24, 2.45) is 0 Å². The highest BCUT2D eigenvalue weighted by Gasteiger charge is 2.38. The lowest BCUT2D eigenvalue weighted by molar-refractivity contribution is -0.134. The molecule has 0 bridgehead atoms. The number of carbonyl (C=O) groups excluding carboxylic acids is 3. The number of aryl methyl sites for hydroxylation is 2. The van der Waals surface area contributed by atoms with Gasteiger partial charge in [0.15, 0.2) is 0 Å². The van der Waals surface area contributed by atoms with Gasteiger partial charge in [-0.05, 0) is 37.1 Å². The number of hydrogen-bond donors (Lipinski definition) is 0. The molecule has 1 aliphatic heterocycles. The van der Waals surface area contributed by atoms with E-state index in [0.29, 0.717) is 5.75 Å². The molecule has 7 heteroatoms. The van der Waals surface area contributed by atoms with Crippen LogP contribution in [0.3, 0.4) is 0 Å². The molecule has 1 aliphatic rings. The average Bonchev–Trinajstić information content (AvgIpc) is 2.77. The van der Waals surface area contributed by atoms with Crippen LogP contribution >= 0.6 is 23.2 Å². The molecule has 0 unspecified atom stereocenters. The average molecular weight is 378 g/mol. The number of rotatable bonds is 3. The van der Waals surface area contributed by atoms with Crippen molar-refractivity contribution in [2.45, 2.75) is 13.8 Å². The van der Waals surface area contributed by atoms with Crippen LogP contribution in [0.25, 0.3) is 0 Å². The molecule has 0 saturated carbocycles. The smallest absolute Gasteiger partial charge is 0.331 e. The van der Waals surface area contributed by atoms with Crippen molar-refractivity contribution in [1.29, 1.82) is 0 Å². The van der Waals surface area contributed by atoms with Crippen LogP contribution in [0.4, 0.5) is 0 Å². The van der Waals surface area contributed by atoms with Gasteiger partial charge in [-0.3, -0.25) is 14.5 Å². The number of hydrogen-bond acceptors (Lipinski definition) is 4. The predicted octanol–water partition coefficient (Wildman–Crippen LogP) is 3.81. The second-order valence-electron chi connectivity index (χ2n) is 5.70. The lowest BCUT2D eigenvalue weighted by Gasteiger charge is -2.14. The van der Waals surface area contributed by atoms with E-state index in [1.54, 1.807) is 0 Å². The number of amides is 2. The van der Waals surface area contributed by atoms with E-state index in [1.807, 2.05) is 32.0 Å². The molecule has 0 saturated heterocycles. The number of carbonyl (C=O) groups is 3. The third kappa shape index (κ3) is 3.13. The Morgan fingerprint density at radius 1 is 1.00 bits per heavy atom. The van der Waals surface area contributed by atoms with Gasteiger partial charge in [-0.25, -0.2) is 4.79 Å². The fraction of sp³-hybridized carbons (Fsp3) is 0.167. The Kier molecular flexibility index (Phi) is 4.54. The Morgan fingerprint density at radius 3 is 1.96 bits per heavy atom. The molecule has 0 atom stereocenters. The SMILES string of the molecule is Cc1cccc(C)c1OC(=O)CN1C(=O)c2cc(Cl)c(Cl)cc2C1=O. The lowest BCUT2D eigenvalue weighted by Crippen LogP contribution is -2.36. The molecule has 0 fully saturated rings. The minimum absolute atomic E-state index is 0.124. The van der Waals surface area contributed by atoms with E-state index in [1.165, 1.54) is 12.1 Å². The second kappa shape index (κ2) is 6.50. The van der Waals surface area contributed by atoms with Crippen LogP contribution in [0, 0.1) is 13.8 Å². The molecule has 0 N–H and O–H groups in total. The monoisotopic (exact) mass is 377 g/mol. The zero-order valence-corrected chi connectivity index (χ0v) is 14.9. The summed E-state index contributed by atoms with van der Waals surface area (Å²) in [7, 11) is 0. The maximum absolute atomic E-state index is 12.4. The summed E-state index contributed by atoms with van der Waals surface area (Å²) in [5, 5.41) is 0.336. The number of ether oxygens (including phenoxy) is 1. The third-order valence-electron chi connectivity index (χ3n) is 3.92. The van der Waals surface area contributed by atoms with Gasteiger partial charge in [-0.15, -0.1) is 0 Å². The molecule has 2 amide bonds. The molecule has 0 aromatic heterocycles. The second-order valence-corrected chi connectivity index (χ2v) is 6.52. The van der Waals surface area contributed by atoms with E-state index in [4.69, 9.17) is 27.9 Å². The minimum Gasteiger partial charge on any atom is -0.425 e. The van der Waals surface area contributed by atoms with Crippen molar-refractivity contribution in [1.82, 2.24) is 4.90 Å². The van der Waals surface area contributed by atoms with Crippen molar-refractivity contribution in [3.05, 3.63) is 62.6 Å². The predicted molar refractivity (Wildman–Crippen MR) is 93.4 cm³/mol. The number of nitrogens with zero attached hydrogens (tertiary/aromatic N) is 1. The van der Waals surface area contributed by atoms with Crippen LogP contribution in [0.1, 0.15) is 31.8 Å². The Balaban J connectivity index is 1.81. The van der Waals surface area contributed by atoms with E-state index in [0.717, 1.165) is 16.0 Å². The molecule has 5 nitrogen and oxygen atoms in total. The normalized spacial score (nSPS) is 13.2. The van der Waals surface area contributed by atoms with Crippen molar-refractivity contribution < 1.29 is 19.1 Å². The topological polar surface area (TPSA) is 63.7 Å². The highest BCUT2D eigenvalue weighted by atomic mass is 35.5. The molecule has 3 rings (SSSR count). The lowest BCUT2D eigenvalue weighted by atomic mass is 10.1. The summed E-state index contributed by atoms with van der Waals surface area (Å²) in [4.78, 5) is 37.8. The van der Waals surface area contributed by atoms with Crippen LogP contribution in [0.15, 0.2) is 30.3 Å². The van der Waals surface area contributed by atoms with E-state index >= 15 is 0 Å². The van der Waals surface area contributed by atoms with Crippen LogP contribution in [0.5, 0.6) is 5.75 Å². The molecule has 2 aromatic carbocycles. The van der Waals surface area contributed by atoms with E-state index in [9.17, 15) is 14.4 Å². The maximum Gasteiger partial charge on any atom is 0.331 e. The van der Waals surface area contributed by atoms with Crippen LogP contribution in [0.2, 0.25) is 10.0 Å². The zero-order valence-electron chi connectivity index (χ0n) is 13.4. The van der Waals surface area contributed by atoms with E-state index in [-0.39, 0.29) is 21.2 Å².